The lowest BCUT2D eigenvalue weighted by Gasteiger charge is -2.23. The van der Waals surface area contributed by atoms with Crippen LogP contribution in [0.25, 0.3) is 16.6 Å². The van der Waals surface area contributed by atoms with Crippen molar-refractivity contribution >= 4 is 28.4 Å². The Morgan fingerprint density at radius 1 is 1.19 bits per heavy atom. The molecule has 10 nitrogen and oxygen atoms in total. The van der Waals surface area contributed by atoms with Gasteiger partial charge in [-0.1, -0.05) is 6.07 Å². The fourth-order valence-corrected chi connectivity index (χ4v) is 3.71. The highest BCUT2D eigenvalue weighted by Crippen LogP contribution is 2.27. The molecule has 4 aromatic rings. The summed E-state index contributed by atoms with van der Waals surface area (Å²) in [5.41, 5.74) is 6.74. The van der Waals surface area contributed by atoms with Crippen LogP contribution in [-0.2, 0) is 11.2 Å². The summed E-state index contributed by atoms with van der Waals surface area (Å²) in [6.45, 7) is 5.17. The van der Waals surface area contributed by atoms with Crippen LogP contribution in [0, 0.1) is 5.82 Å². The number of aliphatic hydroxyl groups is 1. The summed E-state index contributed by atoms with van der Waals surface area (Å²) in [7, 11) is 0. The maximum Gasteiger partial charge on any atom is 0.223 e. The molecule has 11 heteroatoms. The summed E-state index contributed by atoms with van der Waals surface area (Å²) in [5.74, 6) is 0.660. The molecule has 2 heterocycles. The van der Waals surface area contributed by atoms with E-state index in [4.69, 9.17) is 10.5 Å². The van der Waals surface area contributed by atoms with Gasteiger partial charge >= 0.3 is 0 Å². The second kappa shape index (κ2) is 11.3. The van der Waals surface area contributed by atoms with Gasteiger partial charge in [-0.25, -0.2) is 19.0 Å². The van der Waals surface area contributed by atoms with Crippen LogP contribution < -0.4 is 21.1 Å². The van der Waals surface area contributed by atoms with E-state index in [0.717, 1.165) is 18.4 Å². The fraction of sp³-hybridized carbons (Fsp3) is 0.308. The molecule has 37 heavy (non-hydrogen) atoms. The van der Waals surface area contributed by atoms with Crippen molar-refractivity contribution in [1.82, 2.24) is 25.1 Å². The lowest BCUT2D eigenvalue weighted by molar-refractivity contribution is -0.117. The van der Waals surface area contributed by atoms with E-state index in [0.29, 0.717) is 40.9 Å². The molecule has 0 unspecified atom stereocenters. The standard InChI is InChI=1S/C26H30FN7O3/c1-26(2,15-35)31-9-4-10-37-20-7-8-21-22(14-20)29-16-30-25(21)32-24-13-19(12-23(28)36)34(33-24)18-6-3-5-17(27)11-18/h3,5-8,11,13-14,16,31,35H,4,9-10,12,15H2,1-2H3,(H2,28,36)(H,29,30,32,33). The molecular formula is C26H30FN7O3. The summed E-state index contributed by atoms with van der Waals surface area (Å²) in [5, 5.41) is 21.0. The minimum Gasteiger partial charge on any atom is -0.493 e. The predicted octanol–water partition coefficient (Wildman–Crippen LogP) is 2.86. The Kier molecular flexibility index (Phi) is 7.95. The number of ether oxygens (including phenoxy) is 1. The van der Waals surface area contributed by atoms with Gasteiger partial charge in [0.1, 0.15) is 23.7 Å². The van der Waals surface area contributed by atoms with Crippen LogP contribution >= 0.6 is 0 Å². The maximum atomic E-state index is 13.8. The zero-order chi connectivity index (χ0) is 26.4. The summed E-state index contributed by atoms with van der Waals surface area (Å²) in [6, 6.07) is 13.1. The molecule has 2 aromatic carbocycles. The summed E-state index contributed by atoms with van der Waals surface area (Å²) in [4.78, 5) is 20.3. The van der Waals surface area contributed by atoms with E-state index < -0.39 is 11.7 Å². The van der Waals surface area contributed by atoms with Crippen molar-refractivity contribution in [3.8, 4) is 11.4 Å². The molecule has 0 bridgehead atoms. The molecule has 0 radical (unpaired) electrons. The second-order valence-corrected chi connectivity index (χ2v) is 9.25. The minimum absolute atomic E-state index is 0.0616. The molecule has 0 atom stereocenters. The van der Waals surface area contributed by atoms with Gasteiger partial charge in [0.25, 0.3) is 0 Å². The quantitative estimate of drug-likeness (QED) is 0.215. The Labute approximate surface area is 213 Å². The second-order valence-electron chi connectivity index (χ2n) is 9.25. The lowest BCUT2D eigenvalue weighted by atomic mass is 10.1. The molecule has 2 aromatic heterocycles. The number of nitrogens with one attached hydrogen (secondary N) is 2. The number of fused-ring (bicyclic) bond motifs is 1. The number of halogens is 1. The normalized spacial score (nSPS) is 11.6. The molecule has 4 rings (SSSR count). The van der Waals surface area contributed by atoms with E-state index in [1.165, 1.54) is 23.1 Å². The predicted molar refractivity (Wildman–Crippen MR) is 139 cm³/mol. The lowest BCUT2D eigenvalue weighted by Crippen LogP contribution is -2.43. The Hall–Kier alpha value is -4.09. The smallest absolute Gasteiger partial charge is 0.223 e. The topological polar surface area (TPSA) is 140 Å². The van der Waals surface area contributed by atoms with Crippen molar-refractivity contribution in [2.75, 3.05) is 25.1 Å². The average molecular weight is 508 g/mol. The Morgan fingerprint density at radius 3 is 2.78 bits per heavy atom. The van der Waals surface area contributed by atoms with E-state index in [-0.39, 0.29) is 18.6 Å². The van der Waals surface area contributed by atoms with Crippen LogP contribution in [0.3, 0.4) is 0 Å². The number of aromatic nitrogens is 4. The van der Waals surface area contributed by atoms with Crippen molar-refractivity contribution in [2.24, 2.45) is 5.73 Å². The number of hydrogen-bond donors (Lipinski definition) is 4. The van der Waals surface area contributed by atoms with Gasteiger partial charge in [0.2, 0.25) is 5.91 Å². The van der Waals surface area contributed by atoms with Crippen LogP contribution in [-0.4, -0.2) is 56.1 Å². The molecule has 0 aliphatic carbocycles. The van der Waals surface area contributed by atoms with E-state index in [9.17, 15) is 14.3 Å². The molecule has 0 aliphatic heterocycles. The molecule has 1 amide bonds. The van der Waals surface area contributed by atoms with Crippen LogP contribution in [0.2, 0.25) is 0 Å². The molecular weight excluding hydrogens is 477 g/mol. The number of anilines is 2. The van der Waals surface area contributed by atoms with E-state index in [1.807, 2.05) is 32.0 Å². The number of benzene rings is 2. The van der Waals surface area contributed by atoms with Crippen LogP contribution in [0.5, 0.6) is 5.75 Å². The molecule has 0 saturated heterocycles. The van der Waals surface area contributed by atoms with Crippen molar-refractivity contribution in [3.05, 3.63) is 66.4 Å². The molecule has 194 valence electrons. The highest BCUT2D eigenvalue weighted by Gasteiger charge is 2.15. The minimum atomic E-state index is -0.531. The van der Waals surface area contributed by atoms with E-state index >= 15 is 0 Å². The van der Waals surface area contributed by atoms with Gasteiger partial charge in [0, 0.05) is 23.1 Å². The maximum absolute atomic E-state index is 13.8. The third-order valence-corrected chi connectivity index (χ3v) is 5.63. The highest BCUT2D eigenvalue weighted by molar-refractivity contribution is 5.91. The molecule has 0 spiro atoms. The third-order valence-electron chi connectivity index (χ3n) is 5.63. The van der Waals surface area contributed by atoms with Crippen molar-refractivity contribution in [2.45, 2.75) is 32.2 Å². The number of hydrogen-bond acceptors (Lipinski definition) is 8. The Balaban J connectivity index is 1.49. The summed E-state index contributed by atoms with van der Waals surface area (Å²) < 4.78 is 21.1. The largest absolute Gasteiger partial charge is 0.493 e. The van der Waals surface area contributed by atoms with Crippen LogP contribution in [0.15, 0.2) is 54.9 Å². The molecule has 5 N–H and O–H groups in total. The van der Waals surface area contributed by atoms with E-state index in [1.54, 1.807) is 18.2 Å². The van der Waals surface area contributed by atoms with Gasteiger partial charge in [-0.15, -0.1) is 5.10 Å². The first-order chi connectivity index (χ1) is 17.7. The van der Waals surface area contributed by atoms with E-state index in [2.05, 4.69) is 25.7 Å². The zero-order valence-electron chi connectivity index (χ0n) is 20.7. The summed E-state index contributed by atoms with van der Waals surface area (Å²) >= 11 is 0. The van der Waals surface area contributed by atoms with Gasteiger partial charge in [-0.3, -0.25) is 4.79 Å². The number of carbonyl (C=O) groups excluding carboxylic acids is 1. The monoisotopic (exact) mass is 507 g/mol. The number of nitrogens with zero attached hydrogens (tertiary/aromatic N) is 4. The number of carbonyl (C=O) groups is 1. The Bertz CT molecular complexity index is 1390. The first-order valence-corrected chi connectivity index (χ1v) is 11.9. The fourth-order valence-electron chi connectivity index (χ4n) is 3.71. The van der Waals surface area contributed by atoms with Crippen molar-refractivity contribution < 1.29 is 19.0 Å². The molecule has 0 fully saturated rings. The van der Waals surface area contributed by atoms with Gasteiger partial charge in [0.05, 0.1) is 36.5 Å². The van der Waals surface area contributed by atoms with Gasteiger partial charge in [-0.2, -0.15) is 0 Å². The number of aliphatic hydroxyl groups excluding tert-OH is 1. The van der Waals surface area contributed by atoms with Crippen molar-refractivity contribution in [3.63, 3.8) is 0 Å². The number of primary amides is 1. The van der Waals surface area contributed by atoms with Crippen LogP contribution in [0.4, 0.5) is 16.0 Å². The van der Waals surface area contributed by atoms with Gasteiger partial charge < -0.3 is 26.2 Å². The third kappa shape index (κ3) is 6.78. The highest BCUT2D eigenvalue weighted by atomic mass is 19.1. The van der Waals surface area contributed by atoms with Gasteiger partial charge in [-0.05, 0) is 57.1 Å². The average Bonchev–Trinajstić information content (AvgIpc) is 3.25. The Morgan fingerprint density at radius 2 is 2.03 bits per heavy atom. The first kappa shape index (κ1) is 26.0. The SMILES string of the molecule is CC(C)(CO)NCCCOc1ccc2c(Nc3cc(CC(N)=O)n(-c4cccc(F)c4)n3)ncnc2c1. The first-order valence-electron chi connectivity index (χ1n) is 11.9. The number of rotatable bonds is 12. The van der Waals surface area contributed by atoms with Crippen molar-refractivity contribution in [1.29, 1.82) is 0 Å². The zero-order valence-corrected chi connectivity index (χ0v) is 20.7. The van der Waals surface area contributed by atoms with Crippen LogP contribution in [0.1, 0.15) is 26.0 Å². The number of amides is 1. The van der Waals surface area contributed by atoms with Gasteiger partial charge in [0.15, 0.2) is 5.82 Å². The molecule has 0 aliphatic rings. The molecule has 0 saturated carbocycles. The number of nitrogens with two attached hydrogens (primary N) is 1. The summed E-state index contributed by atoms with van der Waals surface area (Å²) in [6.07, 6.45) is 2.15.